The highest BCUT2D eigenvalue weighted by atomic mass is 35.5. The van der Waals surface area contributed by atoms with Crippen molar-refractivity contribution in [1.29, 1.82) is 0 Å². The summed E-state index contributed by atoms with van der Waals surface area (Å²) in [5, 5.41) is 0.760. The third-order valence-electron chi connectivity index (χ3n) is 2.69. The molecular weight excluding hydrogens is 208 g/mol. The molecule has 78 valence electrons. The highest BCUT2D eigenvalue weighted by molar-refractivity contribution is 6.30. The SMILES string of the molecule is O=C1CCC(=Cc2ccc(Cl)cc2)CC1. The van der Waals surface area contributed by atoms with Crippen molar-refractivity contribution < 1.29 is 4.79 Å². The monoisotopic (exact) mass is 220 g/mol. The average Bonchev–Trinajstić information content (AvgIpc) is 2.25. The summed E-state index contributed by atoms with van der Waals surface area (Å²) < 4.78 is 0. The molecule has 1 aliphatic carbocycles. The van der Waals surface area contributed by atoms with Crippen molar-refractivity contribution in [2.24, 2.45) is 0 Å². The van der Waals surface area contributed by atoms with Gasteiger partial charge in [-0.25, -0.2) is 0 Å². The van der Waals surface area contributed by atoms with E-state index >= 15 is 0 Å². The lowest BCUT2D eigenvalue weighted by Crippen LogP contribution is -2.05. The van der Waals surface area contributed by atoms with Crippen LogP contribution in [0.1, 0.15) is 31.2 Å². The number of halogens is 1. The molecule has 0 aromatic heterocycles. The maximum absolute atomic E-state index is 11.1. The fourth-order valence-corrected chi connectivity index (χ4v) is 1.91. The lowest BCUT2D eigenvalue weighted by Gasteiger charge is -2.12. The van der Waals surface area contributed by atoms with Crippen LogP contribution >= 0.6 is 11.6 Å². The summed E-state index contributed by atoms with van der Waals surface area (Å²) in [5.41, 5.74) is 2.54. The van der Waals surface area contributed by atoms with Crippen LogP contribution in [0.15, 0.2) is 29.8 Å². The van der Waals surface area contributed by atoms with Gasteiger partial charge in [0.2, 0.25) is 0 Å². The molecule has 1 aromatic rings. The van der Waals surface area contributed by atoms with Crippen molar-refractivity contribution in [3.63, 3.8) is 0 Å². The minimum atomic E-state index is 0.392. The molecule has 0 atom stereocenters. The molecule has 1 nitrogen and oxygen atoms in total. The van der Waals surface area contributed by atoms with Crippen molar-refractivity contribution in [2.45, 2.75) is 25.7 Å². The Balaban J connectivity index is 2.09. The first-order valence-corrected chi connectivity index (χ1v) is 5.58. The van der Waals surface area contributed by atoms with Crippen LogP contribution < -0.4 is 0 Å². The van der Waals surface area contributed by atoms with Gasteiger partial charge in [-0.15, -0.1) is 0 Å². The third-order valence-corrected chi connectivity index (χ3v) is 2.94. The molecule has 0 spiro atoms. The van der Waals surface area contributed by atoms with E-state index in [1.807, 2.05) is 24.3 Å². The van der Waals surface area contributed by atoms with Gasteiger partial charge < -0.3 is 0 Å². The minimum absolute atomic E-state index is 0.392. The smallest absolute Gasteiger partial charge is 0.133 e. The fraction of sp³-hybridized carbons (Fsp3) is 0.308. The van der Waals surface area contributed by atoms with E-state index < -0.39 is 0 Å². The van der Waals surface area contributed by atoms with E-state index in [0.717, 1.165) is 17.9 Å². The summed E-state index contributed by atoms with van der Waals surface area (Å²) in [5.74, 6) is 0.392. The molecule has 0 unspecified atom stereocenters. The first-order chi connectivity index (χ1) is 7.24. The first-order valence-electron chi connectivity index (χ1n) is 5.21. The Hall–Kier alpha value is -1.08. The second kappa shape index (κ2) is 4.63. The minimum Gasteiger partial charge on any atom is -0.300 e. The predicted molar refractivity (Wildman–Crippen MR) is 62.9 cm³/mol. The number of rotatable bonds is 1. The molecule has 0 heterocycles. The van der Waals surface area contributed by atoms with Crippen LogP contribution in [0.25, 0.3) is 6.08 Å². The van der Waals surface area contributed by atoms with Gasteiger partial charge in [-0.2, -0.15) is 0 Å². The van der Waals surface area contributed by atoms with Gasteiger partial charge in [0.05, 0.1) is 0 Å². The number of hydrogen-bond acceptors (Lipinski definition) is 1. The molecular formula is C13H13ClO. The molecule has 2 heteroatoms. The number of carbonyl (C=O) groups is 1. The second-order valence-electron chi connectivity index (χ2n) is 3.89. The molecule has 1 fully saturated rings. The Kier molecular flexibility index (Phi) is 3.22. The zero-order chi connectivity index (χ0) is 10.7. The molecule has 0 radical (unpaired) electrons. The normalized spacial score (nSPS) is 16.6. The summed E-state index contributed by atoms with van der Waals surface area (Å²) in [7, 11) is 0. The molecule has 15 heavy (non-hydrogen) atoms. The van der Waals surface area contributed by atoms with Crippen molar-refractivity contribution >= 4 is 23.5 Å². The second-order valence-corrected chi connectivity index (χ2v) is 4.33. The Morgan fingerprint density at radius 1 is 1.00 bits per heavy atom. The zero-order valence-corrected chi connectivity index (χ0v) is 9.26. The van der Waals surface area contributed by atoms with Crippen molar-refractivity contribution in [1.82, 2.24) is 0 Å². The van der Waals surface area contributed by atoms with Crippen LogP contribution in [0.5, 0.6) is 0 Å². The lowest BCUT2D eigenvalue weighted by molar-refractivity contribution is -0.119. The first kappa shape index (κ1) is 10.4. The summed E-state index contributed by atoms with van der Waals surface area (Å²) in [4.78, 5) is 11.1. The number of carbonyl (C=O) groups excluding carboxylic acids is 1. The maximum atomic E-state index is 11.1. The van der Waals surface area contributed by atoms with E-state index in [-0.39, 0.29) is 0 Å². The maximum Gasteiger partial charge on any atom is 0.133 e. The molecule has 0 bridgehead atoms. The quantitative estimate of drug-likeness (QED) is 0.702. The Morgan fingerprint density at radius 3 is 2.20 bits per heavy atom. The van der Waals surface area contributed by atoms with E-state index in [2.05, 4.69) is 6.08 Å². The number of ketones is 1. The summed E-state index contributed by atoms with van der Waals surface area (Å²) in [6.45, 7) is 0. The summed E-state index contributed by atoms with van der Waals surface area (Å²) in [6, 6.07) is 7.79. The number of allylic oxidation sites excluding steroid dienone is 1. The van der Waals surface area contributed by atoms with E-state index in [1.165, 1.54) is 11.1 Å². The number of Topliss-reactive ketones (excluding diaryl/α,β-unsaturated/α-hetero) is 1. The van der Waals surface area contributed by atoms with E-state index in [0.29, 0.717) is 18.6 Å². The standard InChI is InChI=1S/C13H13ClO/c14-12-5-1-10(2-6-12)9-11-3-7-13(15)8-4-11/h1-2,5-6,9H,3-4,7-8H2. The number of benzene rings is 1. The molecule has 1 aromatic carbocycles. The zero-order valence-electron chi connectivity index (χ0n) is 8.50. The average molecular weight is 221 g/mol. The molecule has 1 saturated carbocycles. The molecule has 0 aliphatic heterocycles. The Morgan fingerprint density at radius 2 is 1.60 bits per heavy atom. The highest BCUT2D eigenvalue weighted by Crippen LogP contribution is 2.23. The van der Waals surface area contributed by atoms with Gasteiger partial charge >= 0.3 is 0 Å². The Bertz CT molecular complexity index is 378. The molecule has 0 saturated heterocycles. The van der Waals surface area contributed by atoms with E-state index in [4.69, 9.17) is 11.6 Å². The number of hydrogen-bond donors (Lipinski definition) is 0. The molecule has 1 aliphatic rings. The van der Waals surface area contributed by atoms with Crippen LogP contribution in [-0.2, 0) is 4.79 Å². The van der Waals surface area contributed by atoms with Crippen LogP contribution in [0.4, 0.5) is 0 Å². The van der Waals surface area contributed by atoms with Gasteiger partial charge in [0.25, 0.3) is 0 Å². The van der Waals surface area contributed by atoms with Gasteiger partial charge in [0, 0.05) is 17.9 Å². The van der Waals surface area contributed by atoms with Crippen LogP contribution in [0.2, 0.25) is 5.02 Å². The summed E-state index contributed by atoms with van der Waals surface area (Å²) >= 11 is 5.81. The fourth-order valence-electron chi connectivity index (χ4n) is 1.79. The van der Waals surface area contributed by atoms with E-state index in [1.54, 1.807) is 0 Å². The summed E-state index contributed by atoms with van der Waals surface area (Å²) in [6.07, 6.45) is 5.42. The van der Waals surface area contributed by atoms with Gasteiger partial charge in [-0.3, -0.25) is 4.79 Å². The van der Waals surface area contributed by atoms with Gasteiger partial charge in [-0.05, 0) is 30.5 Å². The Labute approximate surface area is 94.8 Å². The van der Waals surface area contributed by atoms with Crippen LogP contribution in [-0.4, -0.2) is 5.78 Å². The topological polar surface area (TPSA) is 17.1 Å². The lowest BCUT2D eigenvalue weighted by atomic mass is 9.92. The van der Waals surface area contributed by atoms with Crippen molar-refractivity contribution in [3.8, 4) is 0 Å². The molecule has 0 N–H and O–H groups in total. The molecule has 0 amide bonds. The van der Waals surface area contributed by atoms with Gasteiger partial charge in [-0.1, -0.05) is 35.4 Å². The van der Waals surface area contributed by atoms with Gasteiger partial charge in [0.15, 0.2) is 0 Å². The molecule has 2 rings (SSSR count). The van der Waals surface area contributed by atoms with E-state index in [9.17, 15) is 4.79 Å². The van der Waals surface area contributed by atoms with Crippen LogP contribution in [0, 0.1) is 0 Å². The van der Waals surface area contributed by atoms with Crippen LogP contribution in [0.3, 0.4) is 0 Å². The van der Waals surface area contributed by atoms with Gasteiger partial charge in [0.1, 0.15) is 5.78 Å². The highest BCUT2D eigenvalue weighted by Gasteiger charge is 2.11. The van der Waals surface area contributed by atoms with Crippen molar-refractivity contribution in [3.05, 3.63) is 40.4 Å². The van der Waals surface area contributed by atoms with Crippen molar-refractivity contribution in [2.75, 3.05) is 0 Å². The largest absolute Gasteiger partial charge is 0.300 e. The predicted octanol–water partition coefficient (Wildman–Crippen LogP) is 3.87. The third kappa shape index (κ3) is 2.93.